The molecule has 2 saturated carbocycles. The average Bonchev–Trinajstić information content (AvgIpc) is 3.23. The highest BCUT2D eigenvalue weighted by Crippen LogP contribution is 2.51. The van der Waals surface area contributed by atoms with E-state index in [0.717, 1.165) is 19.4 Å². The molecule has 4 N–H and O–H groups in total. The number of halogens is 1. The molecule has 7 atom stereocenters. The molecule has 1 aromatic carbocycles. The lowest BCUT2D eigenvalue weighted by atomic mass is 9.52. The van der Waals surface area contributed by atoms with Crippen LogP contribution in [0.3, 0.4) is 0 Å². The average molecular weight is 546 g/mol. The lowest BCUT2D eigenvalue weighted by molar-refractivity contribution is -0.181. The number of hydrogen-bond donors (Lipinski definition) is 3. The molecule has 0 radical (unpaired) electrons. The van der Waals surface area contributed by atoms with Crippen LogP contribution in [0.5, 0.6) is 5.75 Å². The molecule has 1 saturated heterocycles. The second-order valence-corrected chi connectivity index (χ2v) is 11.9. The van der Waals surface area contributed by atoms with Crippen molar-refractivity contribution in [3.05, 3.63) is 27.8 Å². The highest BCUT2D eigenvalue weighted by molar-refractivity contribution is 6.34. The number of carbonyl (C=O) groups is 5. The van der Waals surface area contributed by atoms with Gasteiger partial charge in [-0.15, -0.1) is 0 Å². The van der Waals surface area contributed by atoms with Crippen molar-refractivity contribution in [2.24, 2.45) is 29.4 Å². The van der Waals surface area contributed by atoms with Crippen LogP contribution in [0.4, 0.5) is 0 Å². The predicted octanol–water partition coefficient (Wildman–Crippen LogP) is 0.505. The maximum absolute atomic E-state index is 13.8. The number of primary amides is 1. The minimum atomic E-state index is -2.73. The normalized spacial score (nSPS) is 35.3. The highest BCUT2D eigenvalue weighted by Gasteiger charge is 2.69. The molecular weight excluding hydrogens is 514 g/mol. The molecule has 1 heterocycles. The van der Waals surface area contributed by atoms with E-state index >= 15 is 0 Å². The number of amides is 1. The number of phenolic OH excluding ortho intramolecular Hbond substituents is 1. The molecule has 204 valence electrons. The topological polar surface area (TPSA) is 158 Å². The second kappa shape index (κ2) is 9.22. The number of benzene rings is 1. The van der Waals surface area contributed by atoms with Crippen LogP contribution in [0.25, 0.3) is 0 Å². The number of Topliss-reactive ketones (excluding diaryl/α,β-unsaturated/α-hetero) is 4. The van der Waals surface area contributed by atoms with Crippen LogP contribution in [-0.4, -0.2) is 87.4 Å². The molecule has 1 aromatic rings. The lowest BCUT2D eigenvalue weighted by Crippen LogP contribution is -2.74. The van der Waals surface area contributed by atoms with Crippen molar-refractivity contribution in [3.8, 4) is 5.75 Å². The molecule has 38 heavy (non-hydrogen) atoms. The number of rotatable bonds is 4. The van der Waals surface area contributed by atoms with E-state index in [4.69, 9.17) is 17.3 Å². The van der Waals surface area contributed by atoms with Crippen LogP contribution in [0.15, 0.2) is 6.07 Å². The molecule has 11 heteroatoms. The summed E-state index contributed by atoms with van der Waals surface area (Å²) in [6, 6.07) is 0.672. The Kier molecular flexibility index (Phi) is 6.53. The number of ketones is 4. The van der Waals surface area contributed by atoms with Gasteiger partial charge in [-0.2, -0.15) is 0 Å². The van der Waals surface area contributed by atoms with Crippen LogP contribution in [0.2, 0.25) is 5.02 Å². The van der Waals surface area contributed by atoms with E-state index in [-0.39, 0.29) is 24.2 Å². The zero-order valence-corrected chi connectivity index (χ0v) is 22.3. The maximum Gasteiger partial charge on any atom is 0.235 e. The molecule has 1 aliphatic heterocycles. The molecule has 0 bridgehead atoms. The van der Waals surface area contributed by atoms with Gasteiger partial charge in [-0.1, -0.05) is 11.6 Å². The zero-order valence-electron chi connectivity index (χ0n) is 21.6. The van der Waals surface area contributed by atoms with Gasteiger partial charge in [-0.3, -0.25) is 33.8 Å². The summed E-state index contributed by atoms with van der Waals surface area (Å²) in [7, 11) is 3.10. The van der Waals surface area contributed by atoms with Crippen molar-refractivity contribution in [2.45, 2.75) is 56.8 Å². The summed E-state index contributed by atoms with van der Waals surface area (Å²) in [6.45, 7) is 3.53. The monoisotopic (exact) mass is 545 g/mol. The molecule has 3 aliphatic carbocycles. The molecule has 0 spiro atoms. The molecule has 1 amide bonds. The van der Waals surface area contributed by atoms with Crippen molar-refractivity contribution in [1.82, 2.24) is 9.80 Å². The standard InChI is InChI=1S/C27H32ClN3O7/c1-11-5-4-6-31(11)10-13-9-16(32)18-14(20(13)28)7-12-8-15-21(30(2)3)23(34)19(26(29)37)25(36)27(15,38)24(35)17(12)22(18)33/h9,11-12,15,17,19,21,32,38H,4-8,10H2,1-3H3,(H2,29,37)/t11-,12-,15-,17?,19?,21-,27-/m0/s1. The van der Waals surface area contributed by atoms with Gasteiger partial charge in [-0.05, 0) is 76.4 Å². The van der Waals surface area contributed by atoms with E-state index in [2.05, 4.69) is 11.8 Å². The summed E-state index contributed by atoms with van der Waals surface area (Å²) in [4.78, 5) is 69.8. The molecular formula is C27H32ClN3O7. The first-order chi connectivity index (χ1) is 17.8. The summed E-state index contributed by atoms with van der Waals surface area (Å²) in [5.41, 5.74) is 3.63. The van der Waals surface area contributed by atoms with Gasteiger partial charge in [0.15, 0.2) is 34.7 Å². The number of likely N-dealkylation sites (tertiary alicyclic amines) is 1. The van der Waals surface area contributed by atoms with Crippen LogP contribution in [0.1, 0.15) is 47.7 Å². The number of phenols is 1. The quantitative estimate of drug-likeness (QED) is 0.458. The number of carbonyl (C=O) groups excluding carboxylic acids is 5. The SMILES string of the molecule is C[C@H]1CCCN1Cc1cc(O)c2c(c1Cl)C[C@H]1C[C@H]3[C@H](N(C)C)C(=O)C(C(N)=O)C(=O)[C@@]3(O)C(=O)C1C2=O. The van der Waals surface area contributed by atoms with Crippen LogP contribution < -0.4 is 5.73 Å². The van der Waals surface area contributed by atoms with Gasteiger partial charge in [0.05, 0.1) is 17.5 Å². The van der Waals surface area contributed by atoms with E-state index in [0.29, 0.717) is 28.7 Å². The lowest BCUT2D eigenvalue weighted by Gasteiger charge is -2.52. The predicted molar refractivity (Wildman–Crippen MR) is 135 cm³/mol. The zero-order chi connectivity index (χ0) is 27.8. The summed E-state index contributed by atoms with van der Waals surface area (Å²) in [5, 5.41) is 22.9. The van der Waals surface area contributed by atoms with E-state index in [1.807, 2.05) is 0 Å². The van der Waals surface area contributed by atoms with Gasteiger partial charge < -0.3 is 15.9 Å². The van der Waals surface area contributed by atoms with E-state index in [9.17, 15) is 34.2 Å². The Morgan fingerprint density at radius 1 is 1.24 bits per heavy atom. The highest BCUT2D eigenvalue weighted by atomic mass is 35.5. The van der Waals surface area contributed by atoms with Crippen molar-refractivity contribution < 1.29 is 34.2 Å². The third-order valence-corrected chi connectivity index (χ3v) is 9.60. The number of nitrogens with two attached hydrogens (primary N) is 1. The minimum absolute atomic E-state index is 0.00558. The Hall–Kier alpha value is -2.66. The Morgan fingerprint density at radius 3 is 2.50 bits per heavy atom. The Labute approximate surface area is 225 Å². The fourth-order valence-electron chi connectivity index (χ4n) is 7.27. The Bertz CT molecular complexity index is 1280. The van der Waals surface area contributed by atoms with Gasteiger partial charge in [0.1, 0.15) is 5.75 Å². The summed E-state index contributed by atoms with van der Waals surface area (Å²) >= 11 is 6.81. The first-order valence-corrected chi connectivity index (χ1v) is 13.3. The number of fused-ring (bicyclic) bond motifs is 3. The molecule has 2 unspecified atom stereocenters. The summed E-state index contributed by atoms with van der Waals surface area (Å²) in [6.07, 6.45) is 2.27. The largest absolute Gasteiger partial charge is 0.507 e. The van der Waals surface area contributed by atoms with Gasteiger partial charge in [0.2, 0.25) is 5.91 Å². The van der Waals surface area contributed by atoms with Gasteiger partial charge in [-0.25, -0.2) is 0 Å². The van der Waals surface area contributed by atoms with Crippen LogP contribution in [-0.2, 0) is 32.1 Å². The van der Waals surface area contributed by atoms with Crippen molar-refractivity contribution in [3.63, 3.8) is 0 Å². The van der Waals surface area contributed by atoms with Crippen molar-refractivity contribution in [1.29, 1.82) is 0 Å². The number of likely N-dealkylation sites (N-methyl/N-ethyl adjacent to an activating group) is 1. The van der Waals surface area contributed by atoms with E-state index in [1.54, 1.807) is 14.1 Å². The molecule has 0 aromatic heterocycles. The third-order valence-electron chi connectivity index (χ3n) is 9.13. The second-order valence-electron chi connectivity index (χ2n) is 11.5. The minimum Gasteiger partial charge on any atom is -0.507 e. The molecule has 5 rings (SSSR count). The fourth-order valence-corrected chi connectivity index (χ4v) is 7.56. The molecule has 10 nitrogen and oxygen atoms in total. The smallest absolute Gasteiger partial charge is 0.235 e. The Balaban J connectivity index is 1.58. The molecule has 3 fully saturated rings. The number of aromatic hydroxyl groups is 1. The van der Waals surface area contributed by atoms with Gasteiger partial charge >= 0.3 is 0 Å². The first-order valence-electron chi connectivity index (χ1n) is 12.9. The van der Waals surface area contributed by atoms with Crippen LogP contribution >= 0.6 is 11.6 Å². The number of nitrogens with zero attached hydrogens (tertiary/aromatic N) is 2. The number of hydrogen-bond acceptors (Lipinski definition) is 9. The molecule has 4 aliphatic rings. The Morgan fingerprint density at radius 2 is 1.92 bits per heavy atom. The van der Waals surface area contributed by atoms with E-state index in [1.165, 1.54) is 11.0 Å². The van der Waals surface area contributed by atoms with Gasteiger partial charge in [0.25, 0.3) is 0 Å². The van der Waals surface area contributed by atoms with Crippen molar-refractivity contribution >= 4 is 40.6 Å². The van der Waals surface area contributed by atoms with Gasteiger partial charge in [0, 0.05) is 23.5 Å². The summed E-state index contributed by atoms with van der Waals surface area (Å²) < 4.78 is 0. The first kappa shape index (κ1) is 26.9. The summed E-state index contributed by atoms with van der Waals surface area (Å²) in [5.74, 6) is -10.6. The van der Waals surface area contributed by atoms with Crippen molar-refractivity contribution in [2.75, 3.05) is 20.6 Å². The maximum atomic E-state index is 13.8. The fraction of sp³-hybridized carbons (Fsp3) is 0.593. The number of aliphatic hydroxyl groups is 1. The third kappa shape index (κ3) is 3.68. The van der Waals surface area contributed by atoms with Crippen LogP contribution in [0, 0.1) is 23.7 Å². The van der Waals surface area contributed by atoms with E-state index < -0.39 is 64.4 Å².